The first kappa shape index (κ1) is 19.9. The molecule has 0 bridgehead atoms. The summed E-state index contributed by atoms with van der Waals surface area (Å²) in [5.74, 6) is -0.422. The zero-order valence-electron chi connectivity index (χ0n) is 15.6. The minimum atomic E-state index is -3.07. The van der Waals surface area contributed by atoms with Crippen LogP contribution in [0.5, 0.6) is 0 Å². The van der Waals surface area contributed by atoms with Crippen LogP contribution in [0.15, 0.2) is 24.3 Å². The summed E-state index contributed by atoms with van der Waals surface area (Å²) in [4.78, 5) is 24.4. The highest BCUT2D eigenvalue weighted by Gasteiger charge is 2.30. The van der Waals surface area contributed by atoms with Crippen molar-refractivity contribution >= 4 is 21.7 Å². The number of esters is 1. The fraction of sp³-hybridized carbons (Fsp3) is 0.600. The molecule has 27 heavy (non-hydrogen) atoms. The molecule has 3 rings (SSSR count). The first-order valence-electron chi connectivity index (χ1n) is 9.66. The third kappa shape index (κ3) is 5.31. The van der Waals surface area contributed by atoms with Gasteiger partial charge in [0.05, 0.1) is 17.1 Å². The lowest BCUT2D eigenvalue weighted by Crippen LogP contribution is -2.42. The Labute approximate surface area is 160 Å². The summed E-state index contributed by atoms with van der Waals surface area (Å²) in [6, 6.07) is 7.04. The molecule has 0 aromatic heterocycles. The lowest BCUT2D eigenvalue weighted by Gasteiger charge is -2.22. The van der Waals surface area contributed by atoms with Crippen LogP contribution in [0.4, 0.5) is 0 Å². The topological polar surface area (TPSA) is 89.5 Å². The maximum Gasteiger partial charge on any atom is 0.338 e. The van der Waals surface area contributed by atoms with Crippen LogP contribution in [-0.2, 0) is 19.4 Å². The van der Waals surface area contributed by atoms with Gasteiger partial charge in [-0.25, -0.2) is 13.2 Å². The van der Waals surface area contributed by atoms with E-state index >= 15 is 0 Å². The Morgan fingerprint density at radius 3 is 2.33 bits per heavy atom. The first-order valence-corrected chi connectivity index (χ1v) is 11.5. The van der Waals surface area contributed by atoms with Gasteiger partial charge in [-0.2, -0.15) is 0 Å². The summed E-state index contributed by atoms with van der Waals surface area (Å²) in [7, 11) is -3.07. The number of nitrogens with one attached hydrogen (secondary N) is 1. The van der Waals surface area contributed by atoms with E-state index in [4.69, 9.17) is 4.74 Å². The highest BCUT2D eigenvalue weighted by atomic mass is 32.2. The average Bonchev–Trinajstić information content (AvgIpc) is 3.00. The third-order valence-electron chi connectivity index (χ3n) is 5.45. The number of sulfone groups is 1. The van der Waals surface area contributed by atoms with Crippen LogP contribution in [0.3, 0.4) is 0 Å². The van der Waals surface area contributed by atoms with E-state index in [-0.39, 0.29) is 11.5 Å². The van der Waals surface area contributed by atoms with Gasteiger partial charge in [0.15, 0.2) is 15.9 Å². The van der Waals surface area contributed by atoms with E-state index in [0.717, 1.165) is 0 Å². The first-order chi connectivity index (χ1) is 12.8. The number of hydrogen-bond donors (Lipinski definition) is 1. The van der Waals surface area contributed by atoms with Crippen LogP contribution >= 0.6 is 0 Å². The van der Waals surface area contributed by atoms with Crippen LogP contribution in [-0.4, -0.2) is 43.9 Å². The Hall–Kier alpha value is -1.89. The lowest BCUT2D eigenvalue weighted by atomic mass is 9.84. The lowest BCUT2D eigenvalue weighted by molar-refractivity contribution is -0.129. The van der Waals surface area contributed by atoms with Crippen LogP contribution in [0.1, 0.15) is 67.3 Å². The molecule has 2 fully saturated rings. The second kappa shape index (κ2) is 8.42. The quantitative estimate of drug-likeness (QED) is 0.777. The second-order valence-electron chi connectivity index (χ2n) is 7.61. The SMILES string of the molecule is C[C@H](OC(=O)c1ccc(C2CCCCC2)cc1)C(=O)N[C@H]1CCS(=O)(=O)C1. The second-order valence-corrected chi connectivity index (χ2v) is 9.84. The molecule has 2 aliphatic rings. The zero-order chi connectivity index (χ0) is 19.4. The summed E-state index contributed by atoms with van der Waals surface area (Å²) in [5, 5.41) is 2.65. The minimum absolute atomic E-state index is 0.0535. The Morgan fingerprint density at radius 2 is 1.74 bits per heavy atom. The molecule has 1 saturated heterocycles. The van der Waals surface area contributed by atoms with Gasteiger partial charge in [-0.1, -0.05) is 31.4 Å². The van der Waals surface area contributed by atoms with Gasteiger partial charge in [-0.05, 0) is 49.8 Å². The highest BCUT2D eigenvalue weighted by Crippen LogP contribution is 2.32. The fourth-order valence-corrected chi connectivity index (χ4v) is 5.51. The van der Waals surface area contributed by atoms with E-state index in [9.17, 15) is 18.0 Å². The normalized spacial score (nSPS) is 23.5. The van der Waals surface area contributed by atoms with E-state index in [1.807, 2.05) is 12.1 Å². The summed E-state index contributed by atoms with van der Waals surface area (Å²) < 4.78 is 28.2. The number of hydrogen-bond acceptors (Lipinski definition) is 5. The predicted octanol–water partition coefficient (Wildman–Crippen LogP) is 2.58. The molecule has 7 heteroatoms. The number of rotatable bonds is 5. The van der Waals surface area contributed by atoms with E-state index in [0.29, 0.717) is 17.9 Å². The smallest absolute Gasteiger partial charge is 0.338 e. The van der Waals surface area contributed by atoms with Crippen molar-refractivity contribution in [3.05, 3.63) is 35.4 Å². The fourth-order valence-electron chi connectivity index (χ4n) is 3.84. The van der Waals surface area contributed by atoms with Crippen LogP contribution in [0, 0.1) is 0 Å². The zero-order valence-corrected chi connectivity index (χ0v) is 16.5. The Bertz CT molecular complexity index is 781. The maximum absolute atomic E-state index is 12.3. The van der Waals surface area contributed by atoms with E-state index in [1.54, 1.807) is 12.1 Å². The van der Waals surface area contributed by atoms with E-state index in [1.165, 1.54) is 44.6 Å². The maximum atomic E-state index is 12.3. The van der Waals surface area contributed by atoms with Crippen LogP contribution in [0.2, 0.25) is 0 Å². The monoisotopic (exact) mass is 393 g/mol. The molecule has 1 aliphatic heterocycles. The van der Waals surface area contributed by atoms with E-state index < -0.39 is 33.9 Å². The van der Waals surface area contributed by atoms with Gasteiger partial charge in [-0.15, -0.1) is 0 Å². The van der Waals surface area contributed by atoms with Crippen molar-refractivity contribution in [2.75, 3.05) is 11.5 Å². The van der Waals surface area contributed by atoms with Gasteiger partial charge < -0.3 is 10.1 Å². The van der Waals surface area contributed by atoms with Crippen molar-refractivity contribution in [3.63, 3.8) is 0 Å². The van der Waals surface area contributed by atoms with Crippen molar-refractivity contribution in [2.45, 2.75) is 63.5 Å². The molecular weight excluding hydrogens is 366 g/mol. The molecule has 1 aromatic carbocycles. The summed E-state index contributed by atoms with van der Waals surface area (Å²) in [6.07, 6.45) is 5.62. The van der Waals surface area contributed by atoms with Crippen LogP contribution in [0.25, 0.3) is 0 Å². The standard InChI is InChI=1S/C20H27NO5S/c1-14(19(22)21-18-11-12-27(24,25)13-18)26-20(23)17-9-7-16(8-10-17)15-5-3-2-4-6-15/h7-10,14-15,18H,2-6,11-13H2,1H3,(H,21,22)/t14-,18-/m0/s1. The molecule has 6 nitrogen and oxygen atoms in total. The average molecular weight is 394 g/mol. The van der Waals surface area contributed by atoms with Gasteiger partial charge in [0.2, 0.25) is 0 Å². The van der Waals surface area contributed by atoms with Crippen molar-refractivity contribution < 1.29 is 22.7 Å². The van der Waals surface area contributed by atoms with Crippen molar-refractivity contribution in [1.29, 1.82) is 0 Å². The van der Waals surface area contributed by atoms with Gasteiger partial charge in [0, 0.05) is 6.04 Å². The van der Waals surface area contributed by atoms with Gasteiger partial charge in [0.25, 0.3) is 5.91 Å². The highest BCUT2D eigenvalue weighted by molar-refractivity contribution is 7.91. The van der Waals surface area contributed by atoms with Crippen molar-refractivity contribution in [2.24, 2.45) is 0 Å². The molecular formula is C20H27NO5S. The molecule has 1 aliphatic carbocycles. The molecule has 1 saturated carbocycles. The molecule has 0 radical (unpaired) electrons. The number of amides is 1. The predicted molar refractivity (Wildman–Crippen MR) is 102 cm³/mol. The van der Waals surface area contributed by atoms with Gasteiger partial charge in [-0.3, -0.25) is 4.79 Å². The molecule has 148 valence electrons. The largest absolute Gasteiger partial charge is 0.449 e. The van der Waals surface area contributed by atoms with Crippen molar-refractivity contribution in [3.8, 4) is 0 Å². The van der Waals surface area contributed by atoms with Gasteiger partial charge >= 0.3 is 5.97 Å². The molecule has 2 atom stereocenters. The molecule has 1 heterocycles. The molecule has 1 amide bonds. The van der Waals surface area contributed by atoms with E-state index in [2.05, 4.69) is 5.32 Å². The number of benzene rings is 1. The Morgan fingerprint density at radius 1 is 1.07 bits per heavy atom. The summed E-state index contributed by atoms with van der Waals surface area (Å²) >= 11 is 0. The number of carbonyl (C=O) groups excluding carboxylic acids is 2. The molecule has 1 N–H and O–H groups in total. The molecule has 0 spiro atoms. The summed E-state index contributed by atoms with van der Waals surface area (Å²) in [5.41, 5.74) is 1.66. The molecule has 1 aromatic rings. The van der Waals surface area contributed by atoms with Gasteiger partial charge in [0.1, 0.15) is 0 Å². The Kier molecular flexibility index (Phi) is 6.19. The minimum Gasteiger partial charge on any atom is -0.449 e. The Balaban J connectivity index is 1.52. The summed E-state index contributed by atoms with van der Waals surface area (Å²) in [6.45, 7) is 1.49. The van der Waals surface area contributed by atoms with Crippen LogP contribution < -0.4 is 5.32 Å². The van der Waals surface area contributed by atoms with Crippen molar-refractivity contribution in [1.82, 2.24) is 5.32 Å². The number of carbonyl (C=O) groups is 2. The molecule has 0 unspecified atom stereocenters. The number of ether oxygens (including phenoxy) is 1. The third-order valence-corrected chi connectivity index (χ3v) is 7.22.